The molecule has 0 aliphatic carbocycles. The Morgan fingerprint density at radius 1 is 1.33 bits per heavy atom. The Balaban J connectivity index is 1.97. The lowest BCUT2D eigenvalue weighted by molar-refractivity contribution is -0.137. The van der Waals surface area contributed by atoms with E-state index >= 15 is 0 Å². The molecule has 0 amide bonds. The molecule has 0 aliphatic heterocycles. The zero-order valence-corrected chi connectivity index (χ0v) is 12.3. The van der Waals surface area contributed by atoms with Crippen LogP contribution in [0.15, 0.2) is 46.5 Å². The summed E-state index contributed by atoms with van der Waals surface area (Å²) < 4.78 is 0. The van der Waals surface area contributed by atoms with E-state index in [1.165, 1.54) is 0 Å². The highest BCUT2D eigenvalue weighted by molar-refractivity contribution is 7.08. The van der Waals surface area contributed by atoms with Gasteiger partial charge in [0.2, 0.25) is 0 Å². The molecule has 0 aromatic carbocycles. The van der Waals surface area contributed by atoms with Crippen molar-refractivity contribution in [3.8, 4) is 0 Å². The predicted molar refractivity (Wildman–Crippen MR) is 81.6 cm³/mol. The van der Waals surface area contributed by atoms with Crippen LogP contribution in [-0.2, 0) is 9.63 Å². The molecule has 2 rings (SSSR count). The van der Waals surface area contributed by atoms with Crippen LogP contribution >= 0.6 is 11.3 Å². The van der Waals surface area contributed by atoms with E-state index in [4.69, 9.17) is 9.94 Å². The minimum atomic E-state index is -0.784. The molecule has 0 aliphatic rings. The summed E-state index contributed by atoms with van der Waals surface area (Å²) in [6, 6.07) is 5.76. The van der Waals surface area contributed by atoms with Crippen molar-refractivity contribution in [2.45, 2.75) is 19.3 Å². The molecule has 2 aromatic heterocycles. The molecule has 21 heavy (non-hydrogen) atoms. The van der Waals surface area contributed by atoms with Crippen molar-refractivity contribution in [3.05, 3.63) is 52.5 Å². The Kier molecular flexibility index (Phi) is 5.90. The molecule has 0 fully saturated rings. The summed E-state index contributed by atoms with van der Waals surface area (Å²) in [5, 5.41) is 16.7. The summed E-state index contributed by atoms with van der Waals surface area (Å²) in [4.78, 5) is 19.8. The molecule has 5 nitrogen and oxygen atoms in total. The topological polar surface area (TPSA) is 71.8 Å². The van der Waals surface area contributed by atoms with E-state index in [0.29, 0.717) is 19.4 Å². The van der Waals surface area contributed by atoms with Gasteiger partial charge < -0.3 is 9.94 Å². The molecule has 2 heterocycles. The molecule has 1 N–H and O–H groups in total. The van der Waals surface area contributed by atoms with E-state index in [1.54, 1.807) is 23.7 Å². The van der Waals surface area contributed by atoms with Gasteiger partial charge in [0, 0.05) is 35.3 Å². The first kappa shape index (κ1) is 15.2. The number of aromatic nitrogens is 1. The number of rotatable bonds is 8. The lowest BCUT2D eigenvalue weighted by atomic mass is 10.1. The van der Waals surface area contributed by atoms with Crippen LogP contribution < -0.4 is 0 Å². The third-order valence-corrected chi connectivity index (χ3v) is 3.44. The third kappa shape index (κ3) is 5.00. The van der Waals surface area contributed by atoms with Crippen LogP contribution in [0, 0.1) is 0 Å². The number of oxime groups is 1. The van der Waals surface area contributed by atoms with Gasteiger partial charge in [-0.2, -0.15) is 11.3 Å². The number of carboxylic acids is 1. The maximum Gasteiger partial charge on any atom is 0.303 e. The quantitative estimate of drug-likeness (QED) is 0.462. The van der Waals surface area contributed by atoms with Crippen LogP contribution in [0.2, 0.25) is 0 Å². The molecule has 0 radical (unpaired) electrons. The smallest absolute Gasteiger partial charge is 0.303 e. The second-order valence-corrected chi connectivity index (χ2v) is 5.16. The van der Waals surface area contributed by atoms with Crippen molar-refractivity contribution >= 4 is 23.0 Å². The first-order valence-corrected chi connectivity index (χ1v) is 7.56. The summed E-state index contributed by atoms with van der Waals surface area (Å²) in [6.07, 6.45) is 4.87. The standard InChI is InChI=1S/C15H16N2O3S/c18-14(19)5-1-2-8-20-17-15(13-6-9-21-11-13)12-4-3-7-16-10-12/h3-4,6-7,9-11H,1-2,5,8H2,(H,18,19)/b17-15+. The zero-order chi connectivity index (χ0) is 14.9. The number of pyridine rings is 1. The van der Waals surface area contributed by atoms with Gasteiger partial charge in [-0.3, -0.25) is 9.78 Å². The summed E-state index contributed by atoms with van der Waals surface area (Å²) in [5.74, 6) is -0.784. The molecule has 0 unspecified atom stereocenters. The van der Waals surface area contributed by atoms with Crippen molar-refractivity contribution < 1.29 is 14.7 Å². The van der Waals surface area contributed by atoms with Crippen LogP contribution in [0.1, 0.15) is 30.4 Å². The first-order chi connectivity index (χ1) is 10.3. The fraction of sp³-hybridized carbons (Fsp3) is 0.267. The Labute approximate surface area is 126 Å². The van der Waals surface area contributed by atoms with Crippen molar-refractivity contribution in [2.75, 3.05) is 6.61 Å². The number of nitrogens with zero attached hydrogens (tertiary/aromatic N) is 2. The van der Waals surface area contributed by atoms with Gasteiger partial charge in [-0.1, -0.05) is 5.16 Å². The SMILES string of the molecule is O=C(O)CCCCO/N=C(\c1cccnc1)c1ccsc1. The van der Waals surface area contributed by atoms with Gasteiger partial charge in [0.1, 0.15) is 12.3 Å². The second-order valence-electron chi connectivity index (χ2n) is 4.38. The van der Waals surface area contributed by atoms with Gasteiger partial charge in [-0.25, -0.2) is 0 Å². The average molecular weight is 304 g/mol. The number of carbonyl (C=O) groups is 1. The van der Waals surface area contributed by atoms with Crippen LogP contribution in [0.4, 0.5) is 0 Å². The van der Waals surface area contributed by atoms with Gasteiger partial charge in [0.25, 0.3) is 0 Å². The van der Waals surface area contributed by atoms with Gasteiger partial charge in [-0.05, 0) is 36.4 Å². The van der Waals surface area contributed by atoms with Crippen molar-refractivity contribution in [1.82, 2.24) is 4.98 Å². The van der Waals surface area contributed by atoms with E-state index in [-0.39, 0.29) is 6.42 Å². The Morgan fingerprint density at radius 3 is 2.90 bits per heavy atom. The minimum absolute atomic E-state index is 0.160. The Hall–Kier alpha value is -2.21. The largest absolute Gasteiger partial charge is 0.481 e. The molecule has 110 valence electrons. The summed E-state index contributed by atoms with van der Waals surface area (Å²) in [6.45, 7) is 0.404. The van der Waals surface area contributed by atoms with Crippen molar-refractivity contribution in [1.29, 1.82) is 0 Å². The molecule has 6 heteroatoms. The highest BCUT2D eigenvalue weighted by atomic mass is 32.1. The van der Waals surface area contributed by atoms with E-state index < -0.39 is 5.97 Å². The van der Waals surface area contributed by atoms with Crippen LogP contribution in [0.5, 0.6) is 0 Å². The molecule has 2 aromatic rings. The van der Waals surface area contributed by atoms with E-state index in [0.717, 1.165) is 16.8 Å². The fourth-order valence-electron chi connectivity index (χ4n) is 1.73. The molecular weight excluding hydrogens is 288 g/mol. The van der Waals surface area contributed by atoms with Crippen LogP contribution in [0.3, 0.4) is 0 Å². The average Bonchev–Trinajstić information content (AvgIpc) is 3.01. The molecule has 0 atom stereocenters. The maximum absolute atomic E-state index is 10.4. The highest BCUT2D eigenvalue weighted by Gasteiger charge is 2.08. The number of hydrogen-bond donors (Lipinski definition) is 1. The summed E-state index contributed by atoms with van der Waals surface area (Å²) in [7, 11) is 0. The van der Waals surface area contributed by atoms with E-state index in [1.807, 2.05) is 29.0 Å². The number of aliphatic carboxylic acids is 1. The monoisotopic (exact) mass is 304 g/mol. The van der Waals surface area contributed by atoms with Crippen molar-refractivity contribution in [3.63, 3.8) is 0 Å². The van der Waals surface area contributed by atoms with Crippen LogP contribution in [-0.4, -0.2) is 28.4 Å². The zero-order valence-electron chi connectivity index (χ0n) is 11.4. The van der Waals surface area contributed by atoms with Crippen molar-refractivity contribution in [2.24, 2.45) is 5.16 Å². The maximum atomic E-state index is 10.4. The van der Waals surface area contributed by atoms with Gasteiger partial charge >= 0.3 is 5.97 Å². The highest BCUT2D eigenvalue weighted by Crippen LogP contribution is 2.14. The third-order valence-electron chi connectivity index (χ3n) is 2.76. The second kappa shape index (κ2) is 8.16. The lowest BCUT2D eigenvalue weighted by Crippen LogP contribution is -2.04. The van der Waals surface area contributed by atoms with Gasteiger partial charge in [-0.15, -0.1) is 0 Å². The Bertz CT molecular complexity index is 582. The molecule has 0 saturated carbocycles. The minimum Gasteiger partial charge on any atom is -0.481 e. The number of unbranched alkanes of at least 4 members (excludes halogenated alkanes) is 1. The predicted octanol–water partition coefficient (Wildman–Crippen LogP) is 3.17. The molecule has 0 bridgehead atoms. The molecule has 0 spiro atoms. The summed E-state index contributed by atoms with van der Waals surface area (Å²) in [5.41, 5.74) is 2.61. The normalized spacial score (nSPS) is 11.3. The lowest BCUT2D eigenvalue weighted by Gasteiger charge is -2.05. The Morgan fingerprint density at radius 2 is 2.24 bits per heavy atom. The number of hydrogen-bond acceptors (Lipinski definition) is 5. The van der Waals surface area contributed by atoms with Gasteiger partial charge in [0.05, 0.1) is 0 Å². The first-order valence-electron chi connectivity index (χ1n) is 6.62. The number of carboxylic acid groups (broad SMARTS) is 1. The molecular formula is C15H16N2O3S. The van der Waals surface area contributed by atoms with E-state index in [2.05, 4.69) is 10.1 Å². The molecule has 0 saturated heterocycles. The van der Waals surface area contributed by atoms with E-state index in [9.17, 15) is 4.79 Å². The number of thiophene rings is 1. The van der Waals surface area contributed by atoms with Gasteiger partial charge in [0.15, 0.2) is 0 Å². The summed E-state index contributed by atoms with van der Waals surface area (Å²) >= 11 is 1.59. The fourth-order valence-corrected chi connectivity index (χ4v) is 2.37. The van der Waals surface area contributed by atoms with Crippen LogP contribution in [0.25, 0.3) is 0 Å².